The highest BCUT2D eigenvalue weighted by atomic mass is 35.5. The van der Waals surface area contributed by atoms with E-state index in [2.05, 4.69) is 9.59 Å². The number of aromatic nitrogens is 2. The Kier molecular flexibility index (Phi) is 2.83. The Balaban J connectivity index is 2.15. The molecule has 5 heteroatoms. The molecule has 0 fully saturated rings. The standard InChI is InChI=1S/C8H5ClN2S2/c9-6-1-3-7(4-2-6)12-8-5-10-11-13-8/h1-5H. The molecule has 2 nitrogen and oxygen atoms in total. The van der Waals surface area contributed by atoms with Crippen LogP contribution in [0.15, 0.2) is 39.6 Å². The van der Waals surface area contributed by atoms with Crippen molar-refractivity contribution in [3.8, 4) is 0 Å². The Morgan fingerprint density at radius 1 is 1.23 bits per heavy atom. The second-order valence-electron chi connectivity index (χ2n) is 2.29. The molecule has 0 unspecified atom stereocenters. The van der Waals surface area contributed by atoms with Gasteiger partial charge in [-0.25, -0.2) is 0 Å². The van der Waals surface area contributed by atoms with E-state index in [1.54, 1.807) is 18.0 Å². The molecule has 0 saturated carbocycles. The van der Waals surface area contributed by atoms with Crippen molar-refractivity contribution in [3.63, 3.8) is 0 Å². The van der Waals surface area contributed by atoms with Crippen LogP contribution in [0.4, 0.5) is 0 Å². The lowest BCUT2D eigenvalue weighted by atomic mass is 10.4. The Morgan fingerprint density at radius 2 is 2.00 bits per heavy atom. The molecular weight excluding hydrogens is 224 g/mol. The third kappa shape index (κ3) is 2.43. The van der Waals surface area contributed by atoms with Crippen molar-refractivity contribution >= 4 is 34.9 Å². The molecule has 0 saturated heterocycles. The molecule has 1 aromatic heterocycles. The van der Waals surface area contributed by atoms with Crippen molar-refractivity contribution in [3.05, 3.63) is 35.5 Å². The highest BCUT2D eigenvalue weighted by molar-refractivity contribution is 8.01. The van der Waals surface area contributed by atoms with Crippen LogP contribution in [-0.4, -0.2) is 9.59 Å². The highest BCUT2D eigenvalue weighted by Gasteiger charge is 1.98. The van der Waals surface area contributed by atoms with E-state index in [1.807, 2.05) is 24.3 Å². The molecule has 0 bridgehead atoms. The number of rotatable bonds is 2. The Morgan fingerprint density at radius 3 is 2.62 bits per heavy atom. The SMILES string of the molecule is Clc1ccc(Sc2cnns2)cc1. The topological polar surface area (TPSA) is 25.8 Å². The molecule has 0 aliphatic carbocycles. The molecule has 1 heterocycles. The van der Waals surface area contributed by atoms with Crippen molar-refractivity contribution in [1.29, 1.82) is 0 Å². The summed E-state index contributed by atoms with van der Waals surface area (Å²) in [5.74, 6) is 0. The first-order chi connectivity index (χ1) is 6.34. The molecule has 13 heavy (non-hydrogen) atoms. The van der Waals surface area contributed by atoms with Crippen LogP contribution in [0.1, 0.15) is 0 Å². The molecule has 0 atom stereocenters. The van der Waals surface area contributed by atoms with Crippen LogP contribution in [0.3, 0.4) is 0 Å². The first-order valence-corrected chi connectivity index (χ1v) is 5.52. The maximum absolute atomic E-state index is 5.76. The van der Waals surface area contributed by atoms with Gasteiger partial charge in [0.05, 0.1) is 6.20 Å². The van der Waals surface area contributed by atoms with Crippen LogP contribution in [0.5, 0.6) is 0 Å². The summed E-state index contributed by atoms with van der Waals surface area (Å²) in [5, 5.41) is 4.51. The van der Waals surface area contributed by atoms with Gasteiger partial charge in [-0.1, -0.05) is 27.9 Å². The average Bonchev–Trinajstić information content (AvgIpc) is 2.62. The molecular formula is C8H5ClN2S2. The van der Waals surface area contributed by atoms with E-state index in [-0.39, 0.29) is 0 Å². The molecule has 2 aromatic rings. The highest BCUT2D eigenvalue weighted by Crippen LogP contribution is 2.29. The zero-order valence-electron chi connectivity index (χ0n) is 6.48. The molecule has 0 spiro atoms. The minimum Gasteiger partial charge on any atom is -0.145 e. The van der Waals surface area contributed by atoms with Gasteiger partial charge in [0.25, 0.3) is 0 Å². The van der Waals surface area contributed by atoms with Gasteiger partial charge in [-0.05, 0) is 35.8 Å². The average molecular weight is 229 g/mol. The lowest BCUT2D eigenvalue weighted by Gasteiger charge is -1.96. The van der Waals surface area contributed by atoms with E-state index in [1.165, 1.54) is 11.5 Å². The Hall–Kier alpha value is -0.580. The van der Waals surface area contributed by atoms with Gasteiger partial charge in [0.2, 0.25) is 0 Å². The van der Waals surface area contributed by atoms with E-state index in [9.17, 15) is 0 Å². The number of hydrogen-bond acceptors (Lipinski definition) is 4. The smallest absolute Gasteiger partial charge is 0.106 e. The molecule has 0 N–H and O–H groups in total. The van der Waals surface area contributed by atoms with Crippen molar-refractivity contribution < 1.29 is 0 Å². The summed E-state index contributed by atoms with van der Waals surface area (Å²) in [5.41, 5.74) is 0. The minimum absolute atomic E-state index is 0.756. The largest absolute Gasteiger partial charge is 0.145 e. The minimum atomic E-state index is 0.756. The van der Waals surface area contributed by atoms with Crippen LogP contribution in [-0.2, 0) is 0 Å². The van der Waals surface area contributed by atoms with Crippen LogP contribution >= 0.6 is 34.9 Å². The zero-order valence-corrected chi connectivity index (χ0v) is 8.86. The predicted molar refractivity (Wildman–Crippen MR) is 55.5 cm³/mol. The summed E-state index contributed by atoms with van der Waals surface area (Å²) < 4.78 is 4.87. The van der Waals surface area contributed by atoms with Crippen molar-refractivity contribution in [2.75, 3.05) is 0 Å². The van der Waals surface area contributed by atoms with Crippen molar-refractivity contribution in [2.24, 2.45) is 0 Å². The first kappa shape index (κ1) is 8.99. The van der Waals surface area contributed by atoms with Gasteiger partial charge in [-0.3, -0.25) is 0 Å². The molecule has 1 aromatic carbocycles. The fourth-order valence-electron chi connectivity index (χ4n) is 0.822. The summed E-state index contributed by atoms with van der Waals surface area (Å²) >= 11 is 8.79. The van der Waals surface area contributed by atoms with Gasteiger partial charge in [-0.2, -0.15) is 0 Å². The maximum Gasteiger partial charge on any atom is 0.106 e. The molecule has 66 valence electrons. The van der Waals surface area contributed by atoms with Gasteiger partial charge < -0.3 is 0 Å². The van der Waals surface area contributed by atoms with E-state index >= 15 is 0 Å². The second kappa shape index (κ2) is 4.09. The quantitative estimate of drug-likeness (QED) is 0.789. The molecule has 2 rings (SSSR count). The number of benzene rings is 1. The number of nitrogens with zero attached hydrogens (tertiary/aromatic N) is 2. The third-order valence-electron chi connectivity index (χ3n) is 1.37. The lowest BCUT2D eigenvalue weighted by Crippen LogP contribution is -1.68. The van der Waals surface area contributed by atoms with Crippen molar-refractivity contribution in [1.82, 2.24) is 9.59 Å². The fourth-order valence-corrected chi connectivity index (χ4v) is 2.36. The van der Waals surface area contributed by atoms with Gasteiger partial charge >= 0.3 is 0 Å². The third-order valence-corrected chi connectivity index (χ3v) is 3.37. The second-order valence-corrected chi connectivity index (χ2v) is 4.89. The van der Waals surface area contributed by atoms with E-state index in [0.717, 1.165) is 14.1 Å². The van der Waals surface area contributed by atoms with Crippen LogP contribution < -0.4 is 0 Å². The monoisotopic (exact) mass is 228 g/mol. The Bertz CT molecular complexity index is 372. The van der Waals surface area contributed by atoms with E-state index in [4.69, 9.17) is 11.6 Å². The lowest BCUT2D eigenvalue weighted by molar-refractivity contribution is 1.15. The van der Waals surface area contributed by atoms with E-state index < -0.39 is 0 Å². The van der Waals surface area contributed by atoms with Crippen LogP contribution in [0.2, 0.25) is 5.02 Å². The van der Waals surface area contributed by atoms with Gasteiger partial charge in [0, 0.05) is 9.92 Å². The van der Waals surface area contributed by atoms with E-state index in [0.29, 0.717) is 0 Å². The van der Waals surface area contributed by atoms with Gasteiger partial charge in [-0.15, -0.1) is 5.10 Å². The molecule has 0 amide bonds. The van der Waals surface area contributed by atoms with Crippen LogP contribution in [0, 0.1) is 0 Å². The summed E-state index contributed by atoms with van der Waals surface area (Å²) in [7, 11) is 0. The molecule has 0 aliphatic heterocycles. The molecule has 0 radical (unpaired) electrons. The van der Waals surface area contributed by atoms with Gasteiger partial charge in [0.1, 0.15) is 4.21 Å². The first-order valence-electron chi connectivity index (χ1n) is 3.55. The summed E-state index contributed by atoms with van der Waals surface area (Å²) in [4.78, 5) is 1.15. The number of halogens is 1. The predicted octanol–water partition coefficient (Wildman–Crippen LogP) is 3.34. The molecule has 0 aliphatic rings. The maximum atomic E-state index is 5.76. The number of hydrogen-bond donors (Lipinski definition) is 0. The summed E-state index contributed by atoms with van der Waals surface area (Å²) in [6, 6.07) is 7.70. The van der Waals surface area contributed by atoms with Crippen LogP contribution in [0.25, 0.3) is 0 Å². The fraction of sp³-hybridized carbons (Fsp3) is 0. The normalized spacial score (nSPS) is 10.2. The summed E-state index contributed by atoms with van der Waals surface area (Å²) in [6.07, 6.45) is 1.75. The summed E-state index contributed by atoms with van der Waals surface area (Å²) in [6.45, 7) is 0. The zero-order chi connectivity index (χ0) is 9.10. The van der Waals surface area contributed by atoms with Crippen molar-refractivity contribution in [2.45, 2.75) is 9.10 Å². The Labute approximate surface area is 89.1 Å². The van der Waals surface area contributed by atoms with Gasteiger partial charge in [0.15, 0.2) is 0 Å².